The van der Waals surface area contributed by atoms with Crippen LogP contribution in [-0.2, 0) is 0 Å². The summed E-state index contributed by atoms with van der Waals surface area (Å²) in [5.74, 6) is 0. The van der Waals surface area contributed by atoms with Crippen molar-refractivity contribution in [2.24, 2.45) is 0 Å². The minimum Gasteiger partial charge on any atom is -0.0843 e. The van der Waals surface area contributed by atoms with Crippen molar-refractivity contribution < 1.29 is 0 Å². The van der Waals surface area contributed by atoms with Gasteiger partial charge in [0.05, 0.1) is 0 Å². The maximum atomic E-state index is 6.05. The third-order valence-corrected chi connectivity index (χ3v) is 5.19. The number of halogens is 1. The first-order valence-electron chi connectivity index (χ1n) is 8.40. The lowest BCUT2D eigenvalue weighted by molar-refractivity contribution is 1.66. The summed E-state index contributed by atoms with van der Waals surface area (Å²) in [7, 11) is 0. The highest BCUT2D eigenvalue weighted by Crippen LogP contribution is 2.36. The first-order chi connectivity index (χ1) is 12.3. The molecule has 0 unspecified atom stereocenters. The molecule has 0 heterocycles. The molecule has 0 spiro atoms. The maximum absolute atomic E-state index is 6.05. The van der Waals surface area contributed by atoms with Crippen LogP contribution in [0.15, 0.2) is 91.0 Å². The van der Waals surface area contributed by atoms with Gasteiger partial charge in [0.15, 0.2) is 0 Å². The SMILES string of the molecule is Clc1ccc(-c2cccc3c2ccc2c4ccccc4ccc32)cc1. The van der Waals surface area contributed by atoms with E-state index in [-0.39, 0.29) is 0 Å². The molecule has 0 aliphatic heterocycles. The molecule has 5 aromatic rings. The molecule has 118 valence electrons. The van der Waals surface area contributed by atoms with Crippen molar-refractivity contribution in [1.82, 2.24) is 0 Å². The fourth-order valence-corrected chi connectivity index (χ4v) is 3.86. The van der Waals surface area contributed by atoms with Crippen molar-refractivity contribution in [2.75, 3.05) is 0 Å². The Morgan fingerprint density at radius 2 is 1.08 bits per heavy atom. The van der Waals surface area contributed by atoms with Crippen LogP contribution in [0.25, 0.3) is 43.4 Å². The molecule has 0 N–H and O–H groups in total. The summed E-state index contributed by atoms with van der Waals surface area (Å²) in [5.41, 5.74) is 2.43. The number of rotatable bonds is 1. The zero-order valence-electron chi connectivity index (χ0n) is 13.5. The van der Waals surface area contributed by atoms with Crippen LogP contribution >= 0.6 is 11.6 Å². The lowest BCUT2D eigenvalue weighted by Gasteiger charge is -2.11. The van der Waals surface area contributed by atoms with E-state index in [4.69, 9.17) is 11.6 Å². The second kappa shape index (κ2) is 5.61. The van der Waals surface area contributed by atoms with Crippen LogP contribution in [0.2, 0.25) is 5.02 Å². The van der Waals surface area contributed by atoms with Gasteiger partial charge in [0.2, 0.25) is 0 Å². The Kier molecular flexibility index (Phi) is 3.26. The van der Waals surface area contributed by atoms with Gasteiger partial charge in [-0.25, -0.2) is 0 Å². The zero-order chi connectivity index (χ0) is 16.8. The van der Waals surface area contributed by atoms with Crippen LogP contribution in [0, 0.1) is 0 Å². The smallest absolute Gasteiger partial charge is 0.0406 e. The average Bonchev–Trinajstić information content (AvgIpc) is 2.67. The molecule has 0 amide bonds. The minimum absolute atomic E-state index is 0.765. The Morgan fingerprint density at radius 3 is 1.96 bits per heavy atom. The van der Waals surface area contributed by atoms with Crippen LogP contribution < -0.4 is 0 Å². The first-order valence-corrected chi connectivity index (χ1v) is 8.78. The summed E-state index contributed by atoms with van der Waals surface area (Å²) in [6.45, 7) is 0. The number of benzene rings is 5. The van der Waals surface area contributed by atoms with Gasteiger partial charge in [-0.2, -0.15) is 0 Å². The summed E-state index contributed by atoms with van der Waals surface area (Å²) < 4.78 is 0. The summed E-state index contributed by atoms with van der Waals surface area (Å²) in [6, 6.07) is 32.1. The second-order valence-electron chi connectivity index (χ2n) is 6.35. The molecule has 25 heavy (non-hydrogen) atoms. The van der Waals surface area contributed by atoms with Gasteiger partial charge in [0.1, 0.15) is 0 Å². The quantitative estimate of drug-likeness (QED) is 0.278. The molecule has 0 atom stereocenters. The van der Waals surface area contributed by atoms with Crippen molar-refractivity contribution >= 4 is 43.9 Å². The second-order valence-corrected chi connectivity index (χ2v) is 6.79. The topological polar surface area (TPSA) is 0 Å². The lowest BCUT2D eigenvalue weighted by Crippen LogP contribution is -1.84. The first kappa shape index (κ1) is 14.5. The van der Waals surface area contributed by atoms with Crippen molar-refractivity contribution in [3.63, 3.8) is 0 Å². The third kappa shape index (κ3) is 2.30. The van der Waals surface area contributed by atoms with Gasteiger partial charge >= 0.3 is 0 Å². The van der Waals surface area contributed by atoms with Gasteiger partial charge in [0, 0.05) is 5.02 Å². The number of fused-ring (bicyclic) bond motifs is 5. The minimum atomic E-state index is 0.765. The molecule has 0 fully saturated rings. The van der Waals surface area contributed by atoms with E-state index in [0.717, 1.165) is 5.02 Å². The number of hydrogen-bond acceptors (Lipinski definition) is 0. The van der Waals surface area contributed by atoms with Crippen LogP contribution in [0.4, 0.5) is 0 Å². The molecule has 1 heteroatoms. The van der Waals surface area contributed by atoms with E-state index < -0.39 is 0 Å². The van der Waals surface area contributed by atoms with E-state index in [0.29, 0.717) is 0 Å². The van der Waals surface area contributed by atoms with E-state index in [1.165, 1.54) is 43.4 Å². The fourth-order valence-electron chi connectivity index (χ4n) is 3.74. The highest BCUT2D eigenvalue weighted by Gasteiger charge is 2.08. The van der Waals surface area contributed by atoms with Gasteiger partial charge in [-0.3, -0.25) is 0 Å². The highest BCUT2D eigenvalue weighted by molar-refractivity contribution is 6.30. The van der Waals surface area contributed by atoms with E-state index >= 15 is 0 Å². The largest absolute Gasteiger partial charge is 0.0843 e. The molecule has 0 radical (unpaired) electrons. The zero-order valence-corrected chi connectivity index (χ0v) is 14.3. The predicted octanol–water partition coefficient (Wildman–Crippen LogP) is 7.47. The Labute approximate surface area is 151 Å². The molecule has 0 aliphatic carbocycles. The van der Waals surface area contributed by atoms with Gasteiger partial charge in [0.25, 0.3) is 0 Å². The molecular weight excluding hydrogens is 324 g/mol. The monoisotopic (exact) mass is 338 g/mol. The summed E-state index contributed by atoms with van der Waals surface area (Å²) >= 11 is 6.05. The highest BCUT2D eigenvalue weighted by atomic mass is 35.5. The van der Waals surface area contributed by atoms with E-state index in [1.54, 1.807) is 0 Å². The van der Waals surface area contributed by atoms with Crippen LogP contribution in [0.1, 0.15) is 0 Å². The normalized spacial score (nSPS) is 11.4. The molecule has 5 aromatic carbocycles. The summed E-state index contributed by atoms with van der Waals surface area (Å²) in [5, 5.41) is 8.51. The standard InChI is InChI=1S/C24H15Cl/c25-18-11-8-17(9-12-18)20-6-3-7-21-22(20)14-15-23-19-5-2-1-4-16(19)10-13-24(21)23/h1-15H. The van der Waals surface area contributed by atoms with E-state index in [9.17, 15) is 0 Å². The van der Waals surface area contributed by atoms with E-state index in [2.05, 4.69) is 78.9 Å². The van der Waals surface area contributed by atoms with Gasteiger partial charge in [-0.05, 0) is 55.6 Å². The molecular formula is C24H15Cl. The van der Waals surface area contributed by atoms with Gasteiger partial charge < -0.3 is 0 Å². The Balaban J connectivity index is 1.87. The van der Waals surface area contributed by atoms with Gasteiger partial charge in [-0.1, -0.05) is 90.5 Å². The Bertz CT molecular complexity index is 1230. The van der Waals surface area contributed by atoms with Crippen LogP contribution in [-0.4, -0.2) is 0 Å². The summed E-state index contributed by atoms with van der Waals surface area (Å²) in [4.78, 5) is 0. The fraction of sp³-hybridized carbons (Fsp3) is 0. The molecule has 0 saturated heterocycles. The predicted molar refractivity (Wildman–Crippen MR) is 109 cm³/mol. The number of hydrogen-bond donors (Lipinski definition) is 0. The molecule has 0 bridgehead atoms. The molecule has 0 saturated carbocycles. The lowest BCUT2D eigenvalue weighted by atomic mass is 9.93. The van der Waals surface area contributed by atoms with E-state index in [1.807, 2.05) is 12.1 Å². The summed E-state index contributed by atoms with van der Waals surface area (Å²) in [6.07, 6.45) is 0. The third-order valence-electron chi connectivity index (χ3n) is 4.94. The van der Waals surface area contributed by atoms with Crippen LogP contribution in [0.5, 0.6) is 0 Å². The van der Waals surface area contributed by atoms with Crippen molar-refractivity contribution in [3.05, 3.63) is 96.0 Å². The van der Waals surface area contributed by atoms with Crippen LogP contribution in [0.3, 0.4) is 0 Å². The van der Waals surface area contributed by atoms with Crippen molar-refractivity contribution in [3.8, 4) is 11.1 Å². The van der Waals surface area contributed by atoms with Crippen molar-refractivity contribution in [2.45, 2.75) is 0 Å². The Hall–Kier alpha value is -2.83. The average molecular weight is 339 g/mol. The molecule has 0 nitrogen and oxygen atoms in total. The van der Waals surface area contributed by atoms with Gasteiger partial charge in [-0.15, -0.1) is 0 Å². The molecule has 0 aliphatic rings. The molecule has 0 aromatic heterocycles. The Morgan fingerprint density at radius 1 is 0.440 bits per heavy atom. The molecule has 5 rings (SSSR count). The maximum Gasteiger partial charge on any atom is 0.0406 e. The van der Waals surface area contributed by atoms with Crippen molar-refractivity contribution in [1.29, 1.82) is 0 Å².